The van der Waals surface area contributed by atoms with Gasteiger partial charge in [0.05, 0.1) is 6.04 Å². The summed E-state index contributed by atoms with van der Waals surface area (Å²) in [6, 6.07) is 10.1. The van der Waals surface area contributed by atoms with Crippen molar-refractivity contribution in [3.63, 3.8) is 0 Å². The summed E-state index contributed by atoms with van der Waals surface area (Å²) < 4.78 is 0. The van der Waals surface area contributed by atoms with Crippen molar-refractivity contribution in [1.82, 2.24) is 0 Å². The van der Waals surface area contributed by atoms with E-state index in [1.54, 1.807) is 0 Å². The molecule has 0 radical (unpaired) electrons. The van der Waals surface area contributed by atoms with Crippen LogP contribution in [0.3, 0.4) is 0 Å². The van der Waals surface area contributed by atoms with Gasteiger partial charge < -0.3 is 10.3 Å². The highest BCUT2D eigenvalue weighted by atomic mass is 15.1. The topological polar surface area (TPSA) is 27.1 Å². The first-order valence-electron chi connectivity index (χ1n) is 4.61. The fourth-order valence-corrected chi connectivity index (χ4v) is 1.51. The minimum atomic E-state index is 0.0439. The zero-order valence-corrected chi connectivity index (χ0v) is 7.80. The van der Waals surface area contributed by atoms with E-state index in [0.29, 0.717) is 0 Å². The van der Waals surface area contributed by atoms with Gasteiger partial charge in [0, 0.05) is 18.1 Å². The predicted molar refractivity (Wildman–Crippen MR) is 59.8 cm³/mol. The van der Waals surface area contributed by atoms with E-state index in [-0.39, 0.29) is 6.04 Å². The predicted octanol–water partition coefficient (Wildman–Crippen LogP) is 2.59. The van der Waals surface area contributed by atoms with Crippen LogP contribution < -0.4 is 4.90 Å². The van der Waals surface area contributed by atoms with Gasteiger partial charge in [-0.1, -0.05) is 30.4 Å². The molecule has 1 aromatic carbocycles. The molecule has 0 bridgehead atoms. The van der Waals surface area contributed by atoms with Crippen LogP contribution in [0, 0.1) is 5.41 Å². The molecule has 1 atom stereocenters. The molecule has 2 rings (SSSR count). The van der Waals surface area contributed by atoms with Crippen molar-refractivity contribution >= 4 is 11.9 Å². The SMILES string of the molecule is N=CC1C=CC=CN1c1ccccc1. The number of hydrogen-bond donors (Lipinski definition) is 1. The second-order valence-corrected chi connectivity index (χ2v) is 3.13. The fourth-order valence-electron chi connectivity index (χ4n) is 1.51. The molecule has 0 aliphatic carbocycles. The van der Waals surface area contributed by atoms with Crippen molar-refractivity contribution in [1.29, 1.82) is 5.41 Å². The molecule has 1 unspecified atom stereocenters. The Morgan fingerprint density at radius 1 is 1.14 bits per heavy atom. The summed E-state index contributed by atoms with van der Waals surface area (Å²) in [5, 5.41) is 7.33. The Morgan fingerprint density at radius 2 is 1.93 bits per heavy atom. The van der Waals surface area contributed by atoms with Crippen molar-refractivity contribution in [2.24, 2.45) is 0 Å². The van der Waals surface area contributed by atoms with E-state index in [0.717, 1.165) is 5.69 Å². The minimum absolute atomic E-state index is 0.0439. The number of nitrogens with one attached hydrogen (secondary N) is 1. The summed E-state index contributed by atoms with van der Waals surface area (Å²) in [6.45, 7) is 0. The van der Waals surface area contributed by atoms with Crippen LogP contribution in [0.4, 0.5) is 5.69 Å². The highest BCUT2D eigenvalue weighted by Gasteiger charge is 2.12. The van der Waals surface area contributed by atoms with Crippen LogP contribution in [0.2, 0.25) is 0 Å². The van der Waals surface area contributed by atoms with Crippen LogP contribution in [0.5, 0.6) is 0 Å². The number of benzene rings is 1. The van der Waals surface area contributed by atoms with Crippen LogP contribution in [0.25, 0.3) is 0 Å². The lowest BCUT2D eigenvalue weighted by Crippen LogP contribution is -2.31. The van der Waals surface area contributed by atoms with E-state index < -0.39 is 0 Å². The number of anilines is 1. The third-order valence-corrected chi connectivity index (χ3v) is 2.21. The van der Waals surface area contributed by atoms with E-state index in [1.165, 1.54) is 6.21 Å². The second-order valence-electron chi connectivity index (χ2n) is 3.13. The van der Waals surface area contributed by atoms with Crippen LogP contribution in [0.15, 0.2) is 54.8 Å². The first kappa shape index (κ1) is 8.75. The van der Waals surface area contributed by atoms with Crippen LogP contribution in [-0.4, -0.2) is 12.3 Å². The van der Waals surface area contributed by atoms with E-state index in [1.807, 2.05) is 54.8 Å². The maximum atomic E-state index is 7.33. The van der Waals surface area contributed by atoms with Gasteiger partial charge in [0.2, 0.25) is 0 Å². The van der Waals surface area contributed by atoms with Crippen molar-refractivity contribution < 1.29 is 0 Å². The molecule has 1 aliphatic rings. The average molecular weight is 184 g/mol. The van der Waals surface area contributed by atoms with Gasteiger partial charge in [-0.25, -0.2) is 0 Å². The highest BCUT2D eigenvalue weighted by molar-refractivity contribution is 5.73. The Morgan fingerprint density at radius 3 is 2.64 bits per heavy atom. The molecule has 0 saturated carbocycles. The number of rotatable bonds is 2. The Hall–Kier alpha value is -1.83. The maximum Gasteiger partial charge on any atom is 0.0867 e. The number of hydrogen-bond acceptors (Lipinski definition) is 2. The molecule has 14 heavy (non-hydrogen) atoms. The summed E-state index contributed by atoms with van der Waals surface area (Å²) in [5.41, 5.74) is 1.11. The lowest BCUT2D eigenvalue weighted by Gasteiger charge is -2.27. The Balaban J connectivity index is 2.30. The van der Waals surface area contributed by atoms with Gasteiger partial charge in [0.15, 0.2) is 0 Å². The highest BCUT2D eigenvalue weighted by Crippen LogP contribution is 2.18. The molecule has 70 valence electrons. The van der Waals surface area contributed by atoms with E-state index >= 15 is 0 Å². The first-order chi connectivity index (χ1) is 6.92. The van der Waals surface area contributed by atoms with Crippen molar-refractivity contribution in [2.45, 2.75) is 6.04 Å². The molecular weight excluding hydrogens is 172 g/mol. The lowest BCUT2D eigenvalue weighted by atomic mass is 10.1. The monoisotopic (exact) mass is 184 g/mol. The molecular formula is C12H12N2. The molecule has 0 spiro atoms. The molecule has 1 N–H and O–H groups in total. The van der Waals surface area contributed by atoms with Gasteiger partial charge in [-0.3, -0.25) is 0 Å². The van der Waals surface area contributed by atoms with Gasteiger partial charge in [0.25, 0.3) is 0 Å². The van der Waals surface area contributed by atoms with E-state index in [2.05, 4.69) is 4.90 Å². The molecule has 0 amide bonds. The Kier molecular flexibility index (Phi) is 2.45. The van der Waals surface area contributed by atoms with Crippen molar-refractivity contribution in [3.05, 3.63) is 54.8 Å². The maximum absolute atomic E-state index is 7.33. The zero-order valence-electron chi connectivity index (χ0n) is 7.80. The van der Waals surface area contributed by atoms with Crippen LogP contribution in [-0.2, 0) is 0 Å². The van der Waals surface area contributed by atoms with Gasteiger partial charge in [-0.15, -0.1) is 0 Å². The van der Waals surface area contributed by atoms with Gasteiger partial charge >= 0.3 is 0 Å². The van der Waals surface area contributed by atoms with Crippen molar-refractivity contribution in [3.8, 4) is 0 Å². The standard InChI is InChI=1S/C12H12N2/c13-10-12-8-4-5-9-14(12)11-6-2-1-3-7-11/h1-10,12-13H. The molecule has 1 heterocycles. The van der Waals surface area contributed by atoms with E-state index in [4.69, 9.17) is 5.41 Å². The van der Waals surface area contributed by atoms with Crippen LogP contribution in [0.1, 0.15) is 0 Å². The van der Waals surface area contributed by atoms with Crippen molar-refractivity contribution in [2.75, 3.05) is 4.90 Å². The summed E-state index contributed by atoms with van der Waals surface area (Å²) in [7, 11) is 0. The number of allylic oxidation sites excluding steroid dienone is 2. The number of nitrogens with zero attached hydrogens (tertiary/aromatic N) is 1. The summed E-state index contributed by atoms with van der Waals surface area (Å²) >= 11 is 0. The lowest BCUT2D eigenvalue weighted by molar-refractivity contribution is 0.972. The molecule has 0 aromatic heterocycles. The average Bonchev–Trinajstić information content (AvgIpc) is 2.30. The first-order valence-corrected chi connectivity index (χ1v) is 4.61. The summed E-state index contributed by atoms with van der Waals surface area (Å²) in [4.78, 5) is 2.06. The summed E-state index contributed by atoms with van der Waals surface area (Å²) in [5.74, 6) is 0. The molecule has 2 heteroatoms. The quantitative estimate of drug-likeness (QED) is 0.703. The van der Waals surface area contributed by atoms with Crippen LogP contribution >= 0.6 is 0 Å². The minimum Gasteiger partial charge on any atom is -0.336 e. The van der Waals surface area contributed by atoms with Gasteiger partial charge in [-0.2, -0.15) is 0 Å². The largest absolute Gasteiger partial charge is 0.336 e. The smallest absolute Gasteiger partial charge is 0.0867 e. The zero-order chi connectivity index (χ0) is 9.80. The second kappa shape index (κ2) is 3.92. The van der Waals surface area contributed by atoms with Gasteiger partial charge in [-0.05, 0) is 18.2 Å². The molecule has 0 fully saturated rings. The normalized spacial score (nSPS) is 19.7. The summed E-state index contributed by atoms with van der Waals surface area (Å²) in [6.07, 6.45) is 9.38. The molecule has 2 nitrogen and oxygen atoms in total. The molecule has 1 aromatic rings. The Bertz CT molecular complexity index is 365. The van der Waals surface area contributed by atoms with E-state index in [9.17, 15) is 0 Å². The number of para-hydroxylation sites is 1. The third-order valence-electron chi connectivity index (χ3n) is 2.21. The third kappa shape index (κ3) is 1.59. The Labute approximate surface area is 83.7 Å². The fraction of sp³-hybridized carbons (Fsp3) is 0.0833. The molecule has 0 saturated heterocycles. The van der Waals surface area contributed by atoms with Gasteiger partial charge in [0.1, 0.15) is 0 Å². The molecule has 1 aliphatic heterocycles.